The fraction of sp³-hybridized carbons (Fsp3) is 0.385. The van der Waals surface area contributed by atoms with Crippen LogP contribution in [-0.2, 0) is 19.6 Å². The second-order valence-corrected chi connectivity index (χ2v) is 6.13. The molecule has 0 spiro atoms. The Hall–Kier alpha value is -1.97. The number of nitrogens with one attached hydrogen (secondary N) is 2. The van der Waals surface area contributed by atoms with Crippen molar-refractivity contribution in [1.29, 1.82) is 0 Å². The van der Waals surface area contributed by atoms with E-state index in [1.165, 1.54) is 24.3 Å². The third-order valence-corrected chi connectivity index (χ3v) is 3.70. The van der Waals surface area contributed by atoms with Gasteiger partial charge in [-0.05, 0) is 43.5 Å². The Kier molecular flexibility index (Phi) is 6.96. The molecule has 5 N–H and O–H groups in total. The number of carbonyl (C=O) groups excluding carboxylic acids is 2. The topological polar surface area (TPSA) is 139 Å². The molecule has 0 aliphatic heterocycles. The lowest BCUT2D eigenvalue weighted by atomic mass is 10.2. The number of hydrogen-bond donors (Lipinski definition) is 4. The van der Waals surface area contributed by atoms with Gasteiger partial charge in [-0.25, -0.2) is 13.6 Å². The number of anilines is 1. The molecule has 1 aromatic rings. The summed E-state index contributed by atoms with van der Waals surface area (Å²) < 4.78 is 22.2. The molecule has 9 heteroatoms. The number of benzene rings is 1. The zero-order valence-corrected chi connectivity index (χ0v) is 12.7. The highest BCUT2D eigenvalue weighted by Crippen LogP contribution is 2.12. The second-order valence-electron chi connectivity index (χ2n) is 4.56. The van der Waals surface area contributed by atoms with E-state index in [0.717, 1.165) is 6.42 Å². The SMILES string of the molecule is NS(=O)(=O)c1ccc(NC(=O)C(=O)NCCCCCO)cc1. The number of sulfonamides is 1. The summed E-state index contributed by atoms with van der Waals surface area (Å²) in [7, 11) is -3.79. The Labute approximate surface area is 128 Å². The average Bonchev–Trinajstić information content (AvgIpc) is 2.46. The van der Waals surface area contributed by atoms with Gasteiger partial charge in [0.1, 0.15) is 0 Å². The van der Waals surface area contributed by atoms with Gasteiger partial charge in [-0.15, -0.1) is 0 Å². The third kappa shape index (κ3) is 6.20. The highest BCUT2D eigenvalue weighted by atomic mass is 32.2. The first kappa shape index (κ1) is 18.1. The van der Waals surface area contributed by atoms with Crippen LogP contribution in [0.2, 0.25) is 0 Å². The van der Waals surface area contributed by atoms with Gasteiger partial charge in [-0.3, -0.25) is 9.59 Å². The zero-order chi connectivity index (χ0) is 16.6. The van der Waals surface area contributed by atoms with E-state index in [4.69, 9.17) is 10.2 Å². The summed E-state index contributed by atoms with van der Waals surface area (Å²) in [5.41, 5.74) is 0.285. The molecule has 0 heterocycles. The molecule has 22 heavy (non-hydrogen) atoms. The van der Waals surface area contributed by atoms with Crippen molar-refractivity contribution in [3.05, 3.63) is 24.3 Å². The fourth-order valence-electron chi connectivity index (χ4n) is 1.61. The molecule has 1 aromatic carbocycles. The van der Waals surface area contributed by atoms with Crippen molar-refractivity contribution in [3.8, 4) is 0 Å². The van der Waals surface area contributed by atoms with Gasteiger partial charge in [0.2, 0.25) is 10.0 Å². The number of unbranched alkanes of at least 4 members (excludes halogenated alkanes) is 2. The molecule has 0 aromatic heterocycles. The number of aliphatic hydroxyl groups excluding tert-OH is 1. The van der Waals surface area contributed by atoms with Gasteiger partial charge < -0.3 is 15.7 Å². The summed E-state index contributed by atoms with van der Waals surface area (Å²) in [5.74, 6) is -1.62. The van der Waals surface area contributed by atoms with E-state index in [2.05, 4.69) is 10.6 Å². The summed E-state index contributed by atoms with van der Waals surface area (Å²) in [4.78, 5) is 23.0. The lowest BCUT2D eigenvalue weighted by Crippen LogP contribution is -2.35. The molecule has 0 saturated heterocycles. The number of rotatable bonds is 7. The first-order chi connectivity index (χ1) is 10.3. The first-order valence-electron chi connectivity index (χ1n) is 6.67. The van der Waals surface area contributed by atoms with Crippen molar-refractivity contribution in [2.75, 3.05) is 18.5 Å². The third-order valence-electron chi connectivity index (χ3n) is 2.77. The maximum absolute atomic E-state index is 11.6. The Morgan fingerprint density at radius 1 is 1.05 bits per heavy atom. The lowest BCUT2D eigenvalue weighted by molar-refractivity contribution is -0.136. The van der Waals surface area contributed by atoms with Crippen LogP contribution in [0.3, 0.4) is 0 Å². The van der Waals surface area contributed by atoms with Crippen LogP contribution in [0.1, 0.15) is 19.3 Å². The van der Waals surface area contributed by atoms with Gasteiger partial charge in [-0.2, -0.15) is 0 Å². The van der Waals surface area contributed by atoms with Crippen molar-refractivity contribution in [1.82, 2.24) is 5.32 Å². The number of primary sulfonamides is 1. The van der Waals surface area contributed by atoms with E-state index in [1.807, 2.05) is 0 Å². The molecule has 0 saturated carbocycles. The van der Waals surface area contributed by atoms with Gasteiger partial charge in [0.15, 0.2) is 0 Å². The van der Waals surface area contributed by atoms with E-state index in [9.17, 15) is 18.0 Å². The molecule has 0 bridgehead atoms. The molecule has 1 rings (SSSR count). The Balaban J connectivity index is 2.45. The van der Waals surface area contributed by atoms with Gasteiger partial charge in [0.05, 0.1) is 4.90 Å². The molecule has 0 atom stereocenters. The average molecular weight is 329 g/mol. The number of nitrogens with two attached hydrogens (primary N) is 1. The van der Waals surface area contributed by atoms with Crippen LogP contribution in [0.15, 0.2) is 29.2 Å². The van der Waals surface area contributed by atoms with Crippen molar-refractivity contribution in [2.45, 2.75) is 24.2 Å². The number of hydrogen-bond acceptors (Lipinski definition) is 5. The Morgan fingerprint density at radius 3 is 2.23 bits per heavy atom. The van der Waals surface area contributed by atoms with E-state index in [1.54, 1.807) is 0 Å². The monoisotopic (exact) mass is 329 g/mol. The van der Waals surface area contributed by atoms with Crippen LogP contribution >= 0.6 is 0 Å². The quantitative estimate of drug-likeness (QED) is 0.396. The normalized spacial score (nSPS) is 11.0. The number of aliphatic hydroxyl groups is 1. The predicted molar refractivity (Wildman–Crippen MR) is 80.4 cm³/mol. The van der Waals surface area contributed by atoms with E-state index < -0.39 is 21.8 Å². The standard InChI is InChI=1S/C13H19N3O5S/c14-22(20,21)11-6-4-10(5-7-11)16-13(19)12(18)15-8-2-1-3-9-17/h4-7,17H,1-3,8-9H2,(H,15,18)(H,16,19)(H2,14,20,21). The molecule has 0 unspecified atom stereocenters. The minimum atomic E-state index is -3.79. The molecule has 0 aliphatic rings. The summed E-state index contributed by atoms with van der Waals surface area (Å²) in [6, 6.07) is 5.15. The molecule has 8 nitrogen and oxygen atoms in total. The Bertz CT molecular complexity index is 613. The van der Waals surface area contributed by atoms with E-state index in [0.29, 0.717) is 19.4 Å². The molecular weight excluding hydrogens is 310 g/mol. The number of carbonyl (C=O) groups is 2. The highest BCUT2D eigenvalue weighted by Gasteiger charge is 2.13. The minimum Gasteiger partial charge on any atom is -0.396 e. The van der Waals surface area contributed by atoms with Crippen LogP contribution in [0, 0.1) is 0 Å². The summed E-state index contributed by atoms with van der Waals surface area (Å²) in [6.45, 7) is 0.444. The highest BCUT2D eigenvalue weighted by molar-refractivity contribution is 7.89. The molecule has 0 radical (unpaired) electrons. The summed E-state index contributed by atoms with van der Waals surface area (Å²) in [6.07, 6.45) is 2.08. The van der Waals surface area contributed by atoms with Crippen LogP contribution in [0.25, 0.3) is 0 Å². The van der Waals surface area contributed by atoms with Crippen molar-refractivity contribution < 1.29 is 23.1 Å². The maximum atomic E-state index is 11.6. The van der Waals surface area contributed by atoms with Gasteiger partial charge >= 0.3 is 11.8 Å². The van der Waals surface area contributed by atoms with Gasteiger partial charge in [-0.1, -0.05) is 0 Å². The van der Waals surface area contributed by atoms with E-state index in [-0.39, 0.29) is 17.2 Å². The zero-order valence-electron chi connectivity index (χ0n) is 11.9. The minimum absolute atomic E-state index is 0.0844. The number of amides is 2. The Morgan fingerprint density at radius 2 is 1.68 bits per heavy atom. The fourth-order valence-corrected chi connectivity index (χ4v) is 2.13. The van der Waals surface area contributed by atoms with Crippen molar-refractivity contribution in [3.63, 3.8) is 0 Å². The van der Waals surface area contributed by atoms with Crippen molar-refractivity contribution in [2.24, 2.45) is 5.14 Å². The van der Waals surface area contributed by atoms with Crippen LogP contribution < -0.4 is 15.8 Å². The van der Waals surface area contributed by atoms with E-state index >= 15 is 0 Å². The molecular formula is C13H19N3O5S. The van der Waals surface area contributed by atoms with Gasteiger partial charge in [0.25, 0.3) is 0 Å². The summed E-state index contributed by atoms with van der Waals surface area (Å²) >= 11 is 0. The molecule has 2 amide bonds. The summed E-state index contributed by atoms with van der Waals surface area (Å²) in [5, 5.41) is 18.3. The molecule has 122 valence electrons. The molecule has 0 fully saturated rings. The van der Waals surface area contributed by atoms with Crippen molar-refractivity contribution >= 4 is 27.5 Å². The van der Waals surface area contributed by atoms with Crippen LogP contribution in [0.5, 0.6) is 0 Å². The van der Waals surface area contributed by atoms with Gasteiger partial charge in [0, 0.05) is 18.8 Å². The predicted octanol–water partition coefficient (Wildman–Crippen LogP) is -0.449. The molecule has 0 aliphatic carbocycles. The second kappa shape index (κ2) is 8.47. The smallest absolute Gasteiger partial charge is 0.313 e. The maximum Gasteiger partial charge on any atom is 0.313 e. The lowest BCUT2D eigenvalue weighted by Gasteiger charge is -2.07. The first-order valence-corrected chi connectivity index (χ1v) is 8.22. The van der Waals surface area contributed by atoms with Crippen LogP contribution in [0.4, 0.5) is 5.69 Å². The largest absolute Gasteiger partial charge is 0.396 e. The van der Waals surface area contributed by atoms with Crippen LogP contribution in [-0.4, -0.2) is 38.5 Å².